The molecule has 0 N–H and O–H groups in total. The van der Waals surface area contributed by atoms with Crippen molar-refractivity contribution in [2.45, 2.75) is 36.6 Å². The fourth-order valence-corrected chi connectivity index (χ4v) is 2.08. The first-order valence-electron chi connectivity index (χ1n) is 4.21. The van der Waals surface area contributed by atoms with Gasteiger partial charge in [-0.3, -0.25) is 0 Å². The minimum absolute atomic E-state index is 0.0456. The lowest BCUT2D eigenvalue weighted by atomic mass is 9.98. The number of esters is 1. The van der Waals surface area contributed by atoms with E-state index in [-0.39, 0.29) is 12.1 Å². The van der Waals surface area contributed by atoms with Gasteiger partial charge in [0.1, 0.15) is 6.10 Å². The molecule has 1 fully saturated rings. The van der Waals surface area contributed by atoms with Gasteiger partial charge < -0.3 is 4.74 Å². The third kappa shape index (κ3) is 2.63. The van der Waals surface area contributed by atoms with E-state index < -0.39 is 0 Å². The number of rotatable bonds is 2. The van der Waals surface area contributed by atoms with Crippen LogP contribution in [-0.2, 0) is 9.53 Å². The van der Waals surface area contributed by atoms with Crippen LogP contribution in [0.2, 0.25) is 0 Å². The highest BCUT2D eigenvalue weighted by Gasteiger charge is 2.25. The molecule has 0 aromatic heterocycles. The van der Waals surface area contributed by atoms with Gasteiger partial charge in [-0.15, -0.1) is 0 Å². The van der Waals surface area contributed by atoms with E-state index in [2.05, 4.69) is 22.5 Å². The molecule has 0 spiro atoms. The van der Waals surface area contributed by atoms with Crippen LogP contribution in [0.15, 0.2) is 12.7 Å². The highest BCUT2D eigenvalue weighted by Crippen LogP contribution is 2.26. The molecule has 0 unspecified atom stereocenters. The topological polar surface area (TPSA) is 26.3 Å². The van der Waals surface area contributed by atoms with Crippen LogP contribution in [0.3, 0.4) is 0 Å². The fraction of sp³-hybridized carbons (Fsp3) is 0.667. The summed E-state index contributed by atoms with van der Waals surface area (Å²) >= 11 is 3.50. The van der Waals surface area contributed by atoms with Crippen molar-refractivity contribution < 1.29 is 9.53 Å². The third-order valence-corrected chi connectivity index (χ3v) is 3.10. The lowest BCUT2D eigenvalue weighted by Crippen LogP contribution is -2.29. The molecule has 0 saturated heterocycles. The number of ether oxygens (including phenoxy) is 1. The summed E-state index contributed by atoms with van der Waals surface area (Å²) in [7, 11) is 0. The van der Waals surface area contributed by atoms with Gasteiger partial charge >= 0.3 is 5.97 Å². The number of carbonyl (C=O) groups excluding carboxylic acids is 1. The first kappa shape index (κ1) is 9.78. The van der Waals surface area contributed by atoms with Gasteiger partial charge in [-0.1, -0.05) is 28.9 Å². The summed E-state index contributed by atoms with van der Waals surface area (Å²) in [5.74, 6) is -0.314. The largest absolute Gasteiger partial charge is 0.458 e. The molecule has 0 heterocycles. The van der Waals surface area contributed by atoms with Gasteiger partial charge in [0.15, 0.2) is 0 Å². The maximum absolute atomic E-state index is 10.9. The minimum atomic E-state index is -0.314. The number of halogens is 1. The molecular weight excluding hydrogens is 220 g/mol. The molecule has 0 aromatic rings. The summed E-state index contributed by atoms with van der Waals surface area (Å²) in [5.41, 5.74) is 0. The lowest BCUT2D eigenvalue weighted by molar-refractivity contribution is -0.143. The van der Waals surface area contributed by atoms with Crippen LogP contribution in [0, 0.1) is 0 Å². The zero-order chi connectivity index (χ0) is 8.97. The van der Waals surface area contributed by atoms with Crippen LogP contribution in [-0.4, -0.2) is 16.9 Å². The van der Waals surface area contributed by atoms with Crippen LogP contribution in [0.1, 0.15) is 25.7 Å². The quantitative estimate of drug-likeness (QED) is 0.416. The predicted octanol–water partition coefficient (Wildman–Crippen LogP) is 2.42. The molecule has 1 rings (SSSR count). The summed E-state index contributed by atoms with van der Waals surface area (Å²) < 4.78 is 5.15. The Kier molecular flexibility index (Phi) is 3.79. The van der Waals surface area contributed by atoms with Gasteiger partial charge in [0, 0.05) is 6.08 Å². The summed E-state index contributed by atoms with van der Waals surface area (Å²) in [6.07, 6.45) is 5.69. The Morgan fingerprint density at radius 1 is 1.50 bits per heavy atom. The summed E-state index contributed by atoms with van der Waals surface area (Å²) in [5, 5.41) is 0. The average Bonchev–Trinajstić information content (AvgIpc) is 2.09. The second-order valence-electron chi connectivity index (χ2n) is 2.98. The second kappa shape index (κ2) is 4.65. The zero-order valence-electron chi connectivity index (χ0n) is 6.96. The molecule has 0 radical (unpaired) electrons. The van der Waals surface area contributed by atoms with Crippen molar-refractivity contribution in [3.63, 3.8) is 0 Å². The molecular formula is C9H13BrO2. The Hall–Kier alpha value is -0.310. The molecule has 0 amide bonds. The highest BCUT2D eigenvalue weighted by molar-refractivity contribution is 9.09. The van der Waals surface area contributed by atoms with Gasteiger partial charge in [-0.2, -0.15) is 0 Å². The number of hydrogen-bond donors (Lipinski definition) is 0. The monoisotopic (exact) mass is 232 g/mol. The smallest absolute Gasteiger partial charge is 0.330 e. The van der Waals surface area contributed by atoms with E-state index >= 15 is 0 Å². The Morgan fingerprint density at radius 2 is 2.17 bits per heavy atom. The van der Waals surface area contributed by atoms with Gasteiger partial charge in [-0.25, -0.2) is 4.79 Å². The van der Waals surface area contributed by atoms with E-state index in [1.807, 2.05) is 0 Å². The van der Waals surface area contributed by atoms with E-state index in [1.54, 1.807) is 0 Å². The number of hydrogen-bond acceptors (Lipinski definition) is 2. The normalized spacial score (nSPS) is 29.4. The summed E-state index contributed by atoms with van der Waals surface area (Å²) in [6.45, 7) is 3.36. The maximum atomic E-state index is 10.9. The van der Waals surface area contributed by atoms with Crippen molar-refractivity contribution in [1.29, 1.82) is 0 Å². The Balaban J connectivity index is 2.38. The molecule has 1 saturated carbocycles. The average molecular weight is 233 g/mol. The van der Waals surface area contributed by atoms with Crippen molar-refractivity contribution in [1.82, 2.24) is 0 Å². The first-order valence-corrected chi connectivity index (χ1v) is 5.12. The molecule has 1 aliphatic carbocycles. The standard InChI is InChI=1S/C9H13BrO2/c1-2-9(11)12-8-6-4-3-5-7(8)10/h2,7-8H,1,3-6H2/t7-,8-/m0/s1. The van der Waals surface area contributed by atoms with Crippen molar-refractivity contribution >= 4 is 21.9 Å². The van der Waals surface area contributed by atoms with Crippen molar-refractivity contribution in [3.05, 3.63) is 12.7 Å². The summed E-state index contributed by atoms with van der Waals surface area (Å²) in [4.78, 5) is 11.2. The molecule has 0 aromatic carbocycles. The van der Waals surface area contributed by atoms with E-state index in [0.717, 1.165) is 19.3 Å². The van der Waals surface area contributed by atoms with Gasteiger partial charge in [0.05, 0.1) is 4.83 Å². The van der Waals surface area contributed by atoms with Crippen LogP contribution in [0.5, 0.6) is 0 Å². The third-order valence-electron chi connectivity index (χ3n) is 2.06. The number of alkyl halides is 1. The van der Waals surface area contributed by atoms with Gasteiger partial charge in [0.25, 0.3) is 0 Å². The van der Waals surface area contributed by atoms with Gasteiger partial charge in [0.2, 0.25) is 0 Å². The predicted molar refractivity (Wildman–Crippen MR) is 51.3 cm³/mol. The SMILES string of the molecule is C=CC(=O)O[C@H]1CCCC[C@@H]1Br. The fourth-order valence-electron chi connectivity index (χ4n) is 1.38. The Morgan fingerprint density at radius 3 is 2.75 bits per heavy atom. The van der Waals surface area contributed by atoms with Crippen LogP contribution in [0.4, 0.5) is 0 Å². The maximum Gasteiger partial charge on any atom is 0.330 e. The highest BCUT2D eigenvalue weighted by atomic mass is 79.9. The molecule has 1 aliphatic rings. The number of carbonyl (C=O) groups is 1. The molecule has 12 heavy (non-hydrogen) atoms. The van der Waals surface area contributed by atoms with Crippen molar-refractivity contribution in [2.24, 2.45) is 0 Å². The molecule has 2 nitrogen and oxygen atoms in total. The van der Waals surface area contributed by atoms with E-state index in [0.29, 0.717) is 4.83 Å². The molecule has 0 aliphatic heterocycles. The van der Waals surface area contributed by atoms with E-state index in [9.17, 15) is 4.79 Å². The first-order chi connectivity index (χ1) is 5.74. The lowest BCUT2D eigenvalue weighted by Gasteiger charge is -2.26. The zero-order valence-corrected chi connectivity index (χ0v) is 8.55. The molecule has 0 bridgehead atoms. The Bertz CT molecular complexity index is 179. The van der Waals surface area contributed by atoms with E-state index in [1.165, 1.54) is 12.5 Å². The Labute approximate surface area is 81.1 Å². The molecule has 2 atom stereocenters. The second-order valence-corrected chi connectivity index (χ2v) is 4.16. The summed E-state index contributed by atoms with van der Waals surface area (Å²) in [6, 6.07) is 0. The molecule has 68 valence electrons. The minimum Gasteiger partial charge on any atom is -0.458 e. The van der Waals surface area contributed by atoms with Crippen molar-refractivity contribution in [3.8, 4) is 0 Å². The van der Waals surface area contributed by atoms with Crippen LogP contribution >= 0.6 is 15.9 Å². The van der Waals surface area contributed by atoms with E-state index in [4.69, 9.17) is 4.74 Å². The van der Waals surface area contributed by atoms with Gasteiger partial charge in [-0.05, 0) is 19.3 Å². The van der Waals surface area contributed by atoms with Crippen molar-refractivity contribution in [2.75, 3.05) is 0 Å². The van der Waals surface area contributed by atoms with Crippen LogP contribution < -0.4 is 0 Å². The molecule has 3 heteroatoms. The van der Waals surface area contributed by atoms with Crippen LogP contribution in [0.25, 0.3) is 0 Å².